The summed E-state index contributed by atoms with van der Waals surface area (Å²) >= 11 is 5.67. The van der Waals surface area contributed by atoms with Gasteiger partial charge in [0.1, 0.15) is 11.0 Å². The number of halogens is 1. The monoisotopic (exact) mass is 236 g/mol. The summed E-state index contributed by atoms with van der Waals surface area (Å²) in [6, 6.07) is 8.87. The van der Waals surface area contributed by atoms with Crippen molar-refractivity contribution >= 4 is 22.6 Å². The summed E-state index contributed by atoms with van der Waals surface area (Å²) < 4.78 is 0. The van der Waals surface area contributed by atoms with E-state index in [1.807, 2.05) is 24.5 Å². The van der Waals surface area contributed by atoms with Gasteiger partial charge >= 0.3 is 0 Å². The van der Waals surface area contributed by atoms with Crippen LogP contribution in [0.1, 0.15) is 0 Å². The van der Waals surface area contributed by atoms with Crippen molar-refractivity contribution in [1.29, 1.82) is 0 Å². The summed E-state index contributed by atoms with van der Waals surface area (Å²) in [4.78, 5) is 3.56. The minimum absolute atomic E-state index is 0.512. The molecule has 0 atom stereocenters. The van der Waals surface area contributed by atoms with Crippen LogP contribution in [0.2, 0.25) is 5.02 Å². The van der Waals surface area contributed by atoms with Gasteiger partial charge in [-0.1, -0.05) is 16.4 Å². The van der Waals surface area contributed by atoms with Gasteiger partial charge in [0.2, 0.25) is 0 Å². The second kappa shape index (κ2) is 4.67. The van der Waals surface area contributed by atoms with Crippen LogP contribution in [0.4, 0.5) is 0 Å². The predicted molar refractivity (Wildman–Crippen MR) is 60.5 cm³/mol. The Morgan fingerprint density at radius 1 is 1.25 bits per heavy atom. The fraction of sp³-hybridized carbons (Fsp3) is 0. The zero-order valence-electron chi connectivity index (χ0n) is 8.21. The summed E-state index contributed by atoms with van der Waals surface area (Å²) in [5.74, 6) is 0. The molecule has 2 aromatic heterocycles. The molecule has 0 saturated heterocycles. The van der Waals surface area contributed by atoms with Gasteiger partial charge in [0.05, 0.1) is 0 Å². The zero-order chi connectivity index (χ0) is 11.4. The lowest BCUT2D eigenvalue weighted by atomic mass is 10.3. The van der Waals surface area contributed by atoms with Crippen LogP contribution in [-0.2, 0) is 0 Å². The van der Waals surface area contributed by atoms with Crippen LogP contribution in [-0.4, -0.2) is 25.3 Å². The molecule has 0 spiro atoms. The maximum absolute atomic E-state index is 9.02. The first-order chi connectivity index (χ1) is 7.77. The van der Waals surface area contributed by atoms with Gasteiger partial charge in [-0.25, -0.2) is 0 Å². The molecule has 2 heterocycles. The van der Waals surface area contributed by atoms with Crippen molar-refractivity contribution in [2.24, 2.45) is 0 Å². The molecule has 0 radical (unpaired) electrons. The highest BCUT2D eigenvalue weighted by molar-refractivity contribution is 6.31. The Morgan fingerprint density at radius 3 is 2.62 bits per heavy atom. The number of nitrogens with zero attached hydrogens (tertiary/aromatic N) is 3. The van der Waals surface area contributed by atoms with Crippen molar-refractivity contribution in [3.8, 4) is 0 Å². The molecular weight excluding hydrogens is 228 g/mol. The van der Waals surface area contributed by atoms with Crippen LogP contribution in [0.5, 0.6) is 0 Å². The molecule has 0 aliphatic rings. The first-order valence-corrected chi connectivity index (χ1v) is 4.93. The molecule has 16 heavy (non-hydrogen) atoms. The van der Waals surface area contributed by atoms with E-state index < -0.39 is 0 Å². The van der Waals surface area contributed by atoms with Gasteiger partial charge in [0, 0.05) is 17.4 Å². The van der Waals surface area contributed by atoms with E-state index in [9.17, 15) is 0 Å². The Kier molecular flexibility index (Phi) is 3.07. The molecule has 0 aliphatic carbocycles. The van der Waals surface area contributed by atoms with Gasteiger partial charge in [0.25, 0.3) is 0 Å². The normalized spacial score (nSPS) is 9.81. The van der Waals surface area contributed by atoms with Gasteiger partial charge in [-0.2, -0.15) is 0 Å². The van der Waals surface area contributed by atoms with E-state index in [0.717, 1.165) is 0 Å². The molecule has 3 aromatic rings. The summed E-state index contributed by atoms with van der Waals surface area (Å²) in [7, 11) is 0. The molecule has 0 fully saturated rings. The lowest BCUT2D eigenvalue weighted by Crippen LogP contribution is -1.90. The fourth-order valence-electron chi connectivity index (χ4n) is 1.16. The highest BCUT2D eigenvalue weighted by atomic mass is 35.5. The van der Waals surface area contributed by atoms with Gasteiger partial charge in [-0.3, -0.25) is 0 Å². The van der Waals surface area contributed by atoms with E-state index in [1.54, 1.807) is 18.2 Å². The predicted octanol–water partition coefficient (Wildman–Crippen LogP) is 2.34. The van der Waals surface area contributed by atoms with Crippen molar-refractivity contribution < 1.29 is 5.21 Å². The van der Waals surface area contributed by atoms with Crippen molar-refractivity contribution in [3.05, 3.63) is 47.7 Å². The van der Waals surface area contributed by atoms with E-state index in [-0.39, 0.29) is 0 Å². The van der Waals surface area contributed by atoms with Gasteiger partial charge in [-0.05, 0) is 35.5 Å². The number of nitrogens with one attached hydrogen (secondary N) is 1. The maximum atomic E-state index is 9.02. The number of benzene rings is 1. The van der Waals surface area contributed by atoms with Crippen LogP contribution >= 0.6 is 11.6 Å². The van der Waals surface area contributed by atoms with Gasteiger partial charge < -0.3 is 10.2 Å². The quantitative estimate of drug-likeness (QED) is 0.589. The number of hydrogen-bond donors (Lipinski definition) is 2. The van der Waals surface area contributed by atoms with Crippen LogP contribution in [0.25, 0.3) is 11.0 Å². The lowest BCUT2D eigenvalue weighted by Gasteiger charge is -1.89. The number of fused-ring (bicyclic) bond motifs is 1. The molecule has 1 aromatic carbocycles. The lowest BCUT2D eigenvalue weighted by molar-refractivity contribution is 0.155. The van der Waals surface area contributed by atoms with Crippen molar-refractivity contribution in [3.63, 3.8) is 0 Å². The van der Waals surface area contributed by atoms with Crippen LogP contribution in [0.15, 0.2) is 42.7 Å². The number of hydrogen-bond acceptors (Lipinski definition) is 3. The molecule has 0 unspecified atom stereocenters. The average Bonchev–Trinajstić information content (AvgIpc) is 2.93. The molecular formula is C10H9ClN4O. The van der Waals surface area contributed by atoms with Crippen LogP contribution in [0, 0.1) is 0 Å². The largest absolute Gasteiger partial charge is 0.410 e. The third-order valence-electron chi connectivity index (χ3n) is 1.89. The maximum Gasteiger partial charge on any atom is 0.132 e. The van der Waals surface area contributed by atoms with Crippen molar-refractivity contribution in [2.75, 3.05) is 0 Å². The van der Waals surface area contributed by atoms with Gasteiger partial charge in [-0.15, -0.1) is 5.10 Å². The Balaban J connectivity index is 0.000000162. The summed E-state index contributed by atoms with van der Waals surface area (Å²) in [6.07, 6.45) is 3.75. The molecule has 0 saturated carbocycles. The number of aromatic amines is 1. The number of rotatable bonds is 0. The molecule has 5 nitrogen and oxygen atoms in total. The summed E-state index contributed by atoms with van der Waals surface area (Å²) in [5.41, 5.74) is 1.13. The Labute approximate surface area is 96.2 Å². The van der Waals surface area contributed by atoms with E-state index in [2.05, 4.69) is 15.3 Å². The van der Waals surface area contributed by atoms with E-state index >= 15 is 0 Å². The summed E-state index contributed by atoms with van der Waals surface area (Å²) in [5, 5.41) is 16.6. The SMILES string of the molecule is On1nnc2ccc(Cl)cc21.c1cc[nH]c1. The standard InChI is InChI=1S/C6H4ClN3O.C4H5N/c7-4-1-2-5-6(3-4)10(11)9-8-5;1-2-4-5-3-1/h1-3,11H;1-5H. The summed E-state index contributed by atoms with van der Waals surface area (Å²) in [6.45, 7) is 0. The van der Waals surface area contributed by atoms with E-state index in [4.69, 9.17) is 16.8 Å². The van der Waals surface area contributed by atoms with Gasteiger partial charge in [0.15, 0.2) is 0 Å². The van der Waals surface area contributed by atoms with Crippen LogP contribution in [0.3, 0.4) is 0 Å². The molecule has 0 bridgehead atoms. The Morgan fingerprint density at radius 2 is 2.00 bits per heavy atom. The smallest absolute Gasteiger partial charge is 0.132 e. The first kappa shape index (κ1) is 10.5. The third kappa shape index (κ3) is 2.32. The topological polar surface area (TPSA) is 66.7 Å². The van der Waals surface area contributed by atoms with Crippen molar-refractivity contribution in [1.82, 2.24) is 20.1 Å². The van der Waals surface area contributed by atoms with E-state index in [1.165, 1.54) is 0 Å². The fourth-order valence-corrected chi connectivity index (χ4v) is 1.32. The number of H-pyrrole nitrogens is 1. The minimum Gasteiger partial charge on any atom is -0.410 e. The second-order valence-corrected chi connectivity index (χ2v) is 3.43. The molecule has 0 aliphatic heterocycles. The molecule has 2 N–H and O–H groups in total. The number of aromatic nitrogens is 4. The zero-order valence-corrected chi connectivity index (χ0v) is 8.96. The highest BCUT2D eigenvalue weighted by Gasteiger charge is 2.01. The third-order valence-corrected chi connectivity index (χ3v) is 2.12. The second-order valence-electron chi connectivity index (χ2n) is 3.00. The molecule has 6 heteroatoms. The molecule has 82 valence electrons. The Bertz CT molecular complexity index is 544. The van der Waals surface area contributed by atoms with Crippen molar-refractivity contribution in [2.45, 2.75) is 0 Å². The average molecular weight is 237 g/mol. The Hall–Kier alpha value is -2.01. The highest BCUT2D eigenvalue weighted by Crippen LogP contribution is 2.15. The molecule has 0 amide bonds. The van der Waals surface area contributed by atoms with E-state index in [0.29, 0.717) is 20.9 Å². The first-order valence-electron chi connectivity index (χ1n) is 4.55. The minimum atomic E-state index is 0.512. The van der Waals surface area contributed by atoms with Crippen LogP contribution < -0.4 is 0 Å². The molecule has 3 rings (SSSR count).